The minimum Gasteiger partial charge on any atom is -0.277 e. The molecule has 4 aromatic rings. The van der Waals surface area contributed by atoms with Crippen LogP contribution >= 0.6 is 0 Å². The highest BCUT2D eigenvalue weighted by Gasteiger charge is 2.20. The van der Waals surface area contributed by atoms with E-state index in [0.29, 0.717) is 16.6 Å². The van der Waals surface area contributed by atoms with Crippen LogP contribution in [0.25, 0.3) is 11.0 Å². The van der Waals surface area contributed by atoms with E-state index in [1.165, 1.54) is 47.4 Å². The van der Waals surface area contributed by atoms with Gasteiger partial charge >= 0.3 is 0 Å². The van der Waals surface area contributed by atoms with E-state index in [2.05, 4.69) is 15.1 Å². The predicted molar refractivity (Wildman–Crippen MR) is 112 cm³/mol. The number of benzene rings is 3. The molecule has 1 heterocycles. The molecule has 0 radical (unpaired) electrons. The summed E-state index contributed by atoms with van der Waals surface area (Å²) in [4.78, 5) is 16.9. The van der Waals surface area contributed by atoms with Crippen molar-refractivity contribution in [2.75, 3.05) is 10.1 Å². The number of amides is 1. The monoisotopic (exact) mass is 424 g/mol. The molecule has 7 nitrogen and oxygen atoms in total. The molecule has 30 heavy (non-hydrogen) atoms. The molecule has 0 bridgehead atoms. The number of aryl methyl sites for hydroxylation is 1. The Morgan fingerprint density at radius 2 is 1.77 bits per heavy atom. The van der Waals surface area contributed by atoms with Crippen molar-refractivity contribution in [3.63, 3.8) is 0 Å². The molecule has 0 fully saturated rings. The highest BCUT2D eigenvalue weighted by atomic mass is 32.2. The normalized spacial score (nSPS) is 11.4. The van der Waals surface area contributed by atoms with Gasteiger partial charge < -0.3 is 0 Å². The van der Waals surface area contributed by atoms with Gasteiger partial charge in [0.1, 0.15) is 12.1 Å². The van der Waals surface area contributed by atoms with Gasteiger partial charge in [0.05, 0.1) is 21.6 Å². The summed E-state index contributed by atoms with van der Waals surface area (Å²) in [5, 5.41) is 0. The molecule has 3 aromatic carbocycles. The molecule has 1 amide bonds. The minimum absolute atomic E-state index is 0.156. The number of aromatic nitrogens is 2. The Kier molecular flexibility index (Phi) is 4.96. The molecule has 0 spiro atoms. The fraction of sp³-hybridized carbons (Fsp3) is 0.0476. The zero-order valence-electron chi connectivity index (χ0n) is 15.8. The van der Waals surface area contributed by atoms with Gasteiger partial charge in [0.15, 0.2) is 0 Å². The molecule has 2 N–H and O–H groups in total. The Balaban J connectivity index is 1.64. The van der Waals surface area contributed by atoms with Crippen molar-refractivity contribution in [1.29, 1.82) is 0 Å². The first-order chi connectivity index (χ1) is 14.3. The molecule has 9 heteroatoms. The summed E-state index contributed by atoms with van der Waals surface area (Å²) in [6.45, 7) is 1.70. The van der Waals surface area contributed by atoms with E-state index in [4.69, 9.17) is 0 Å². The first kappa shape index (κ1) is 19.6. The van der Waals surface area contributed by atoms with Gasteiger partial charge in [-0.3, -0.25) is 14.9 Å². The lowest BCUT2D eigenvalue weighted by molar-refractivity contribution is 0.101. The lowest BCUT2D eigenvalue weighted by Crippen LogP contribution is -2.23. The number of imidazole rings is 1. The van der Waals surface area contributed by atoms with Crippen LogP contribution in [0.4, 0.5) is 10.1 Å². The van der Waals surface area contributed by atoms with Crippen LogP contribution < -0.4 is 10.1 Å². The molecule has 0 aliphatic heterocycles. The lowest BCUT2D eigenvalue weighted by atomic mass is 10.1. The van der Waals surface area contributed by atoms with E-state index in [-0.39, 0.29) is 16.1 Å². The third kappa shape index (κ3) is 3.74. The van der Waals surface area contributed by atoms with Crippen molar-refractivity contribution in [3.8, 4) is 0 Å². The van der Waals surface area contributed by atoms with Gasteiger partial charge in [-0.05, 0) is 48.9 Å². The first-order valence-electron chi connectivity index (χ1n) is 8.96. The second-order valence-corrected chi connectivity index (χ2v) is 8.29. The number of halogens is 1. The molecule has 152 valence electrons. The summed E-state index contributed by atoms with van der Waals surface area (Å²) in [5.41, 5.74) is 4.69. The predicted octanol–water partition coefficient (Wildman–Crippen LogP) is 3.67. The Morgan fingerprint density at radius 3 is 2.57 bits per heavy atom. The van der Waals surface area contributed by atoms with Crippen LogP contribution in [-0.2, 0) is 10.0 Å². The Labute approximate surface area is 172 Å². The summed E-state index contributed by atoms with van der Waals surface area (Å²) in [6.07, 6.45) is 1.47. The third-order valence-electron chi connectivity index (χ3n) is 4.56. The van der Waals surface area contributed by atoms with E-state index >= 15 is 0 Å². The summed E-state index contributed by atoms with van der Waals surface area (Å²) < 4.78 is 42.9. The van der Waals surface area contributed by atoms with Crippen LogP contribution in [0.5, 0.6) is 0 Å². The van der Waals surface area contributed by atoms with Crippen molar-refractivity contribution < 1.29 is 17.6 Å². The van der Waals surface area contributed by atoms with E-state index in [9.17, 15) is 17.6 Å². The molecular weight excluding hydrogens is 407 g/mol. The maximum atomic E-state index is 13.8. The molecule has 0 unspecified atom stereocenters. The van der Waals surface area contributed by atoms with Crippen LogP contribution in [0.2, 0.25) is 0 Å². The number of rotatable bonds is 5. The Hall–Kier alpha value is -3.72. The SMILES string of the molecule is Cc1ccc(S(=O)(=O)Nc2ccccc2F)cc1C(=O)Nn1cnc2ccccc21. The number of nitrogens with zero attached hydrogens (tertiary/aromatic N) is 2. The number of sulfonamides is 1. The third-order valence-corrected chi connectivity index (χ3v) is 5.92. The van der Waals surface area contributed by atoms with Crippen molar-refractivity contribution in [2.24, 2.45) is 0 Å². The van der Waals surface area contributed by atoms with Gasteiger partial charge in [0.25, 0.3) is 15.9 Å². The van der Waals surface area contributed by atoms with E-state index in [0.717, 1.165) is 6.07 Å². The maximum absolute atomic E-state index is 13.8. The van der Waals surface area contributed by atoms with Crippen molar-refractivity contribution in [3.05, 3.63) is 90.0 Å². The van der Waals surface area contributed by atoms with Gasteiger partial charge in [0, 0.05) is 5.56 Å². The standard InChI is InChI=1S/C21H17FN4O3S/c1-14-10-11-15(30(28,29)25-18-7-3-2-6-17(18)22)12-16(14)21(27)24-26-13-23-19-8-4-5-9-20(19)26/h2-13,25H,1H3,(H,24,27). The average Bonchev–Trinajstić information content (AvgIpc) is 3.12. The smallest absolute Gasteiger partial charge is 0.270 e. The average molecular weight is 424 g/mol. The lowest BCUT2D eigenvalue weighted by Gasteiger charge is -2.13. The van der Waals surface area contributed by atoms with Crippen LogP contribution in [0.1, 0.15) is 15.9 Å². The topological polar surface area (TPSA) is 93.1 Å². The first-order valence-corrected chi connectivity index (χ1v) is 10.4. The van der Waals surface area contributed by atoms with Gasteiger partial charge in [-0.25, -0.2) is 22.5 Å². The number of nitrogens with one attached hydrogen (secondary N) is 2. The van der Waals surface area contributed by atoms with E-state index in [1.54, 1.807) is 13.0 Å². The van der Waals surface area contributed by atoms with Crippen molar-refractivity contribution in [2.45, 2.75) is 11.8 Å². The second kappa shape index (κ2) is 7.60. The quantitative estimate of drug-likeness (QED) is 0.511. The number of carbonyl (C=O) groups excluding carboxylic acids is 1. The molecule has 4 rings (SSSR count). The zero-order valence-corrected chi connectivity index (χ0v) is 16.7. The van der Waals surface area contributed by atoms with Crippen LogP contribution in [0, 0.1) is 12.7 Å². The minimum atomic E-state index is -4.09. The summed E-state index contributed by atoms with van der Waals surface area (Å²) in [5.74, 6) is -1.20. The molecular formula is C21H17FN4O3S. The number of fused-ring (bicyclic) bond motifs is 1. The van der Waals surface area contributed by atoms with Crippen LogP contribution in [0.15, 0.2) is 78.0 Å². The van der Waals surface area contributed by atoms with Gasteiger partial charge in [-0.15, -0.1) is 0 Å². The van der Waals surface area contributed by atoms with E-state index < -0.39 is 21.7 Å². The van der Waals surface area contributed by atoms with Crippen molar-refractivity contribution >= 4 is 32.7 Å². The molecule has 1 aromatic heterocycles. The van der Waals surface area contributed by atoms with Gasteiger partial charge in [-0.1, -0.05) is 30.3 Å². The number of hydrogen-bond acceptors (Lipinski definition) is 4. The second-order valence-electron chi connectivity index (χ2n) is 6.61. The fourth-order valence-corrected chi connectivity index (χ4v) is 4.07. The molecule has 0 aliphatic rings. The maximum Gasteiger partial charge on any atom is 0.270 e. The molecule has 0 saturated heterocycles. The summed E-state index contributed by atoms with van der Waals surface area (Å²) >= 11 is 0. The highest BCUT2D eigenvalue weighted by Crippen LogP contribution is 2.21. The van der Waals surface area contributed by atoms with Crippen LogP contribution in [-0.4, -0.2) is 24.0 Å². The zero-order chi connectivity index (χ0) is 21.3. The molecule has 0 aliphatic carbocycles. The van der Waals surface area contributed by atoms with Crippen LogP contribution in [0.3, 0.4) is 0 Å². The molecule has 0 saturated carbocycles. The number of hydrogen-bond donors (Lipinski definition) is 2. The van der Waals surface area contributed by atoms with Gasteiger partial charge in [-0.2, -0.15) is 0 Å². The van der Waals surface area contributed by atoms with E-state index in [1.807, 2.05) is 18.2 Å². The largest absolute Gasteiger partial charge is 0.277 e. The molecule has 0 atom stereocenters. The summed E-state index contributed by atoms with van der Waals surface area (Å²) in [7, 11) is -4.09. The Bertz CT molecular complexity index is 1370. The summed E-state index contributed by atoms with van der Waals surface area (Å²) in [6, 6.07) is 16.9. The van der Waals surface area contributed by atoms with Crippen molar-refractivity contribution in [1.82, 2.24) is 9.66 Å². The number of anilines is 1. The van der Waals surface area contributed by atoms with Gasteiger partial charge in [0.2, 0.25) is 0 Å². The fourth-order valence-electron chi connectivity index (χ4n) is 2.98. The number of carbonyl (C=O) groups is 1. The highest BCUT2D eigenvalue weighted by molar-refractivity contribution is 7.92. The Morgan fingerprint density at radius 1 is 1.03 bits per heavy atom. The number of para-hydroxylation sites is 3.